The SMILES string of the molecule is C=C/C=C(C(=O)NC(C)(CC)C(=O)N[C@@H](CC1=CCC(Cl)C=C1)B(O)O)\C(=C/C)C(F)(F)F.CC. The molecular weight excluding hydrogens is 484 g/mol. The van der Waals surface area contributed by atoms with Crippen LogP contribution in [0.4, 0.5) is 13.2 Å². The minimum Gasteiger partial charge on any atom is -0.426 e. The van der Waals surface area contributed by atoms with Crippen molar-refractivity contribution in [3.8, 4) is 0 Å². The van der Waals surface area contributed by atoms with Gasteiger partial charge in [-0.1, -0.05) is 63.3 Å². The van der Waals surface area contributed by atoms with E-state index < -0.39 is 47.7 Å². The van der Waals surface area contributed by atoms with Gasteiger partial charge in [0.1, 0.15) is 5.54 Å². The third-order valence-electron chi connectivity index (χ3n) is 5.27. The molecule has 196 valence electrons. The molecule has 3 atom stereocenters. The number of carbonyl (C=O) groups excluding carboxylic acids is 2. The monoisotopic (exact) mass is 518 g/mol. The van der Waals surface area contributed by atoms with Crippen LogP contribution in [0, 0.1) is 0 Å². The van der Waals surface area contributed by atoms with Crippen LogP contribution in [0.15, 0.2) is 59.8 Å². The largest absolute Gasteiger partial charge is 0.475 e. The van der Waals surface area contributed by atoms with E-state index >= 15 is 0 Å². The smallest absolute Gasteiger partial charge is 0.426 e. The molecule has 1 aliphatic carbocycles. The van der Waals surface area contributed by atoms with E-state index in [1.54, 1.807) is 19.1 Å². The molecule has 0 aliphatic heterocycles. The van der Waals surface area contributed by atoms with Gasteiger partial charge in [0.05, 0.1) is 22.5 Å². The quantitative estimate of drug-likeness (QED) is 0.150. The Balaban J connectivity index is 0.00000562. The van der Waals surface area contributed by atoms with Gasteiger partial charge in [-0.15, -0.1) is 11.6 Å². The van der Waals surface area contributed by atoms with Crippen LogP contribution in [0.25, 0.3) is 0 Å². The van der Waals surface area contributed by atoms with Crippen molar-refractivity contribution in [2.75, 3.05) is 0 Å². The van der Waals surface area contributed by atoms with Crippen LogP contribution in [-0.4, -0.2) is 52.0 Å². The summed E-state index contributed by atoms with van der Waals surface area (Å²) in [6.07, 6.45) is 3.83. The summed E-state index contributed by atoms with van der Waals surface area (Å²) in [5.74, 6) is -3.02. The summed E-state index contributed by atoms with van der Waals surface area (Å²) >= 11 is 5.98. The van der Waals surface area contributed by atoms with Crippen LogP contribution < -0.4 is 10.6 Å². The van der Waals surface area contributed by atoms with E-state index in [1.807, 2.05) is 19.9 Å². The molecule has 0 radical (unpaired) electrons. The Morgan fingerprint density at radius 2 is 1.94 bits per heavy atom. The van der Waals surface area contributed by atoms with Gasteiger partial charge in [0, 0.05) is 0 Å². The molecular formula is C24H35BClF3N2O4. The van der Waals surface area contributed by atoms with Gasteiger partial charge in [-0.25, -0.2) is 0 Å². The molecule has 1 aliphatic rings. The average molecular weight is 519 g/mol. The molecule has 2 amide bonds. The van der Waals surface area contributed by atoms with E-state index in [-0.39, 0.29) is 18.2 Å². The van der Waals surface area contributed by atoms with Crippen molar-refractivity contribution in [3.63, 3.8) is 0 Å². The number of halogens is 4. The minimum absolute atomic E-state index is 0.0217. The minimum atomic E-state index is -4.79. The maximum absolute atomic E-state index is 13.4. The topological polar surface area (TPSA) is 98.7 Å². The molecule has 0 aromatic carbocycles. The molecule has 0 aromatic heterocycles. The molecule has 0 spiro atoms. The zero-order chi connectivity index (χ0) is 27.4. The highest BCUT2D eigenvalue weighted by molar-refractivity contribution is 6.43. The van der Waals surface area contributed by atoms with Crippen LogP contribution in [0.3, 0.4) is 0 Å². The zero-order valence-corrected chi connectivity index (χ0v) is 21.5. The summed E-state index contributed by atoms with van der Waals surface area (Å²) < 4.78 is 40.1. The molecule has 4 N–H and O–H groups in total. The van der Waals surface area contributed by atoms with Crippen LogP contribution in [0.5, 0.6) is 0 Å². The summed E-state index contributed by atoms with van der Waals surface area (Å²) in [6.45, 7) is 11.4. The number of allylic oxidation sites excluding steroid dienone is 6. The highest BCUT2D eigenvalue weighted by Gasteiger charge is 2.41. The number of alkyl halides is 4. The molecule has 0 saturated heterocycles. The third-order valence-corrected chi connectivity index (χ3v) is 5.59. The molecule has 0 heterocycles. The van der Waals surface area contributed by atoms with Gasteiger partial charge < -0.3 is 20.7 Å². The highest BCUT2D eigenvalue weighted by Crippen LogP contribution is 2.32. The van der Waals surface area contributed by atoms with Gasteiger partial charge >= 0.3 is 13.3 Å². The first-order valence-corrected chi connectivity index (χ1v) is 11.8. The number of rotatable bonds is 10. The van der Waals surface area contributed by atoms with Gasteiger partial charge in [-0.3, -0.25) is 9.59 Å². The Bertz CT molecular complexity index is 869. The molecule has 0 aromatic rings. The van der Waals surface area contributed by atoms with Gasteiger partial charge in [-0.05, 0) is 39.2 Å². The predicted octanol–water partition coefficient (Wildman–Crippen LogP) is 4.30. The van der Waals surface area contributed by atoms with Crippen molar-refractivity contribution in [2.24, 2.45) is 0 Å². The first-order valence-electron chi connectivity index (χ1n) is 11.4. The second kappa shape index (κ2) is 15.0. The number of carbonyl (C=O) groups is 2. The Morgan fingerprint density at radius 3 is 2.34 bits per heavy atom. The summed E-state index contributed by atoms with van der Waals surface area (Å²) in [5, 5.41) is 24.1. The zero-order valence-electron chi connectivity index (χ0n) is 20.7. The van der Waals surface area contributed by atoms with Crippen molar-refractivity contribution in [1.29, 1.82) is 0 Å². The number of nitrogens with one attached hydrogen (secondary N) is 2. The summed E-state index contributed by atoms with van der Waals surface area (Å²) in [4.78, 5) is 25.7. The molecule has 2 unspecified atom stereocenters. The normalized spacial score (nSPS) is 18.8. The average Bonchev–Trinajstić information content (AvgIpc) is 2.80. The van der Waals surface area contributed by atoms with Crippen LogP contribution in [0.2, 0.25) is 0 Å². The lowest BCUT2D eigenvalue weighted by Gasteiger charge is -2.31. The Labute approximate surface area is 210 Å². The van der Waals surface area contributed by atoms with Crippen LogP contribution in [-0.2, 0) is 9.59 Å². The molecule has 0 saturated carbocycles. The summed E-state index contributed by atoms with van der Waals surface area (Å²) in [5.41, 5.74) is -2.77. The maximum Gasteiger partial charge on any atom is 0.475 e. The van der Waals surface area contributed by atoms with Crippen LogP contribution >= 0.6 is 11.6 Å². The van der Waals surface area contributed by atoms with Gasteiger partial charge in [0.15, 0.2) is 0 Å². The van der Waals surface area contributed by atoms with Gasteiger partial charge in [0.2, 0.25) is 5.91 Å². The standard InChI is InChI=1S/C22H29BClF3N2O4.C2H6/c1-5-8-16(17(6-2)22(25,26)27)19(30)29-21(4,7-3)20(31)28-18(23(32)33)13-14-9-11-15(24)12-10-14;1-2/h5-6,8-11,15,18,32-33H,1,7,12-13H2,2-4H3,(H,28,31)(H,29,30);1-2H3/b16-8+,17-6+;/t15?,18-,21?;/m0./s1. The Hall–Kier alpha value is -2.30. The third kappa shape index (κ3) is 10.1. The molecule has 11 heteroatoms. The van der Waals surface area contributed by atoms with Crippen molar-refractivity contribution < 1.29 is 32.8 Å². The van der Waals surface area contributed by atoms with E-state index in [1.165, 1.54) is 6.92 Å². The van der Waals surface area contributed by atoms with E-state index in [0.717, 1.165) is 30.7 Å². The lowest BCUT2D eigenvalue weighted by molar-refractivity contribution is -0.132. The Kier molecular flexibility index (Phi) is 14.0. The second-order valence-corrected chi connectivity index (χ2v) is 8.30. The number of hydrogen-bond donors (Lipinski definition) is 4. The fourth-order valence-electron chi connectivity index (χ4n) is 3.10. The lowest BCUT2D eigenvalue weighted by atomic mass is 9.74. The first kappa shape index (κ1) is 32.7. The van der Waals surface area contributed by atoms with Crippen molar-refractivity contribution in [1.82, 2.24) is 10.6 Å². The fraction of sp³-hybridized carbons (Fsp3) is 0.500. The van der Waals surface area contributed by atoms with Crippen molar-refractivity contribution in [3.05, 3.63) is 59.8 Å². The van der Waals surface area contributed by atoms with Crippen LogP contribution in [0.1, 0.15) is 53.9 Å². The van der Waals surface area contributed by atoms with E-state index in [9.17, 15) is 32.8 Å². The lowest BCUT2D eigenvalue weighted by Crippen LogP contribution is -2.60. The Morgan fingerprint density at radius 1 is 1.34 bits per heavy atom. The molecule has 0 fully saturated rings. The summed E-state index contributed by atoms with van der Waals surface area (Å²) in [6, 6.07) is 0. The molecule has 0 bridgehead atoms. The molecule has 35 heavy (non-hydrogen) atoms. The van der Waals surface area contributed by atoms with E-state index in [0.29, 0.717) is 6.42 Å². The van der Waals surface area contributed by atoms with Crippen molar-refractivity contribution >= 4 is 30.5 Å². The first-order chi connectivity index (χ1) is 16.3. The number of hydrogen-bond acceptors (Lipinski definition) is 4. The van der Waals surface area contributed by atoms with Crippen molar-refractivity contribution in [2.45, 2.75) is 76.9 Å². The second-order valence-electron chi connectivity index (χ2n) is 7.74. The highest BCUT2D eigenvalue weighted by atomic mass is 35.5. The molecule has 6 nitrogen and oxygen atoms in total. The summed E-state index contributed by atoms with van der Waals surface area (Å²) in [7, 11) is -1.91. The van der Waals surface area contributed by atoms with E-state index in [2.05, 4.69) is 17.2 Å². The maximum atomic E-state index is 13.4. The predicted molar refractivity (Wildman–Crippen MR) is 134 cm³/mol. The van der Waals surface area contributed by atoms with Gasteiger partial charge in [0.25, 0.3) is 5.91 Å². The molecule has 1 rings (SSSR count). The van der Waals surface area contributed by atoms with Gasteiger partial charge in [-0.2, -0.15) is 13.2 Å². The fourth-order valence-corrected chi connectivity index (χ4v) is 3.27. The number of amides is 2. The van der Waals surface area contributed by atoms with E-state index in [4.69, 9.17) is 11.6 Å².